The van der Waals surface area contributed by atoms with Gasteiger partial charge in [0.25, 0.3) is 0 Å². The van der Waals surface area contributed by atoms with E-state index >= 15 is 0 Å². The van der Waals surface area contributed by atoms with Crippen molar-refractivity contribution in [2.75, 3.05) is 20.7 Å². The highest BCUT2D eigenvalue weighted by Gasteiger charge is 2.19. The van der Waals surface area contributed by atoms with E-state index in [1.807, 2.05) is 0 Å². The molecule has 118 valence electrons. The molecule has 7 heteroatoms. The first-order valence-electron chi connectivity index (χ1n) is 6.55. The van der Waals surface area contributed by atoms with E-state index in [1.54, 1.807) is 25.1 Å². The van der Waals surface area contributed by atoms with Gasteiger partial charge in [-0.1, -0.05) is 12.1 Å². The van der Waals surface area contributed by atoms with Crippen LogP contribution in [0.5, 0.6) is 0 Å². The third-order valence-electron chi connectivity index (χ3n) is 3.03. The minimum absolute atomic E-state index is 0.200. The van der Waals surface area contributed by atoms with Gasteiger partial charge in [-0.2, -0.15) is 0 Å². The third kappa shape index (κ3) is 5.45. The van der Waals surface area contributed by atoms with E-state index in [2.05, 4.69) is 4.74 Å². The van der Waals surface area contributed by atoms with Crippen LogP contribution in [-0.4, -0.2) is 50.6 Å². The molecular formula is C14H21NO5S. The van der Waals surface area contributed by atoms with Gasteiger partial charge in [-0.3, -0.25) is 0 Å². The average Bonchev–Trinajstić information content (AvgIpc) is 2.43. The van der Waals surface area contributed by atoms with Gasteiger partial charge >= 0.3 is 5.97 Å². The molecule has 1 aromatic carbocycles. The molecule has 0 fully saturated rings. The highest BCUT2D eigenvalue weighted by atomic mass is 32.2. The SMILES string of the molecule is COC(=O)c1cccc(CS(=O)(=O)N(C)CCC(C)O)c1. The van der Waals surface area contributed by atoms with Crippen molar-refractivity contribution in [3.8, 4) is 0 Å². The highest BCUT2D eigenvalue weighted by molar-refractivity contribution is 7.88. The van der Waals surface area contributed by atoms with E-state index in [1.165, 1.54) is 24.5 Å². The molecule has 21 heavy (non-hydrogen) atoms. The first-order valence-corrected chi connectivity index (χ1v) is 8.16. The molecule has 0 amide bonds. The summed E-state index contributed by atoms with van der Waals surface area (Å²) in [6.07, 6.45) is -0.178. The predicted octanol–water partition coefficient (Wildman–Crippen LogP) is 1.01. The average molecular weight is 315 g/mol. The molecule has 0 radical (unpaired) electrons. The van der Waals surface area contributed by atoms with E-state index in [-0.39, 0.29) is 12.3 Å². The van der Waals surface area contributed by atoms with Crippen molar-refractivity contribution < 1.29 is 23.1 Å². The Bertz CT molecular complexity index is 583. The topological polar surface area (TPSA) is 83.9 Å². The van der Waals surface area contributed by atoms with Crippen LogP contribution >= 0.6 is 0 Å². The fraction of sp³-hybridized carbons (Fsp3) is 0.500. The first-order chi connectivity index (χ1) is 9.76. The fourth-order valence-electron chi connectivity index (χ4n) is 1.73. The Morgan fingerprint density at radius 2 is 2.10 bits per heavy atom. The molecule has 1 atom stereocenters. The summed E-state index contributed by atoms with van der Waals surface area (Å²) >= 11 is 0. The van der Waals surface area contributed by atoms with E-state index in [0.717, 1.165) is 0 Å². The van der Waals surface area contributed by atoms with Gasteiger partial charge in [-0.05, 0) is 31.0 Å². The Morgan fingerprint density at radius 1 is 1.43 bits per heavy atom. The van der Waals surface area contributed by atoms with Crippen LogP contribution in [0.1, 0.15) is 29.3 Å². The standard InChI is InChI=1S/C14H21NO5S/c1-11(16)7-8-15(2)21(18,19)10-12-5-4-6-13(9-12)14(17)20-3/h4-6,9,11,16H,7-8,10H2,1-3H3. The van der Waals surface area contributed by atoms with Gasteiger partial charge in [0.15, 0.2) is 0 Å². The molecule has 0 aliphatic heterocycles. The number of nitrogens with zero attached hydrogens (tertiary/aromatic N) is 1. The number of carbonyl (C=O) groups is 1. The van der Waals surface area contributed by atoms with Crippen LogP contribution in [0.2, 0.25) is 0 Å². The summed E-state index contributed by atoms with van der Waals surface area (Å²) in [7, 11) is -0.741. The number of methoxy groups -OCH3 is 1. The lowest BCUT2D eigenvalue weighted by molar-refractivity contribution is 0.0600. The number of carbonyl (C=O) groups excluding carboxylic acids is 1. The first kappa shape index (κ1) is 17.6. The van der Waals surface area contributed by atoms with Crippen LogP contribution in [0.25, 0.3) is 0 Å². The second kappa shape index (κ2) is 7.53. The van der Waals surface area contributed by atoms with E-state index in [9.17, 15) is 18.3 Å². The molecule has 0 heterocycles. The zero-order valence-corrected chi connectivity index (χ0v) is 13.3. The van der Waals surface area contributed by atoms with Crippen molar-refractivity contribution in [3.05, 3.63) is 35.4 Å². The van der Waals surface area contributed by atoms with Gasteiger partial charge < -0.3 is 9.84 Å². The van der Waals surface area contributed by atoms with Crippen LogP contribution in [0, 0.1) is 0 Å². The Balaban J connectivity index is 2.81. The van der Waals surface area contributed by atoms with Crippen molar-refractivity contribution >= 4 is 16.0 Å². The predicted molar refractivity (Wildman–Crippen MR) is 79.3 cm³/mol. The van der Waals surface area contributed by atoms with Crippen molar-refractivity contribution in [1.29, 1.82) is 0 Å². The minimum Gasteiger partial charge on any atom is -0.465 e. The van der Waals surface area contributed by atoms with E-state index < -0.39 is 22.1 Å². The minimum atomic E-state index is -3.49. The summed E-state index contributed by atoms with van der Waals surface area (Å²) in [6, 6.07) is 6.34. The van der Waals surface area contributed by atoms with Crippen molar-refractivity contribution in [2.24, 2.45) is 0 Å². The maximum absolute atomic E-state index is 12.2. The zero-order chi connectivity index (χ0) is 16.0. The molecule has 1 aromatic rings. The van der Waals surface area contributed by atoms with Gasteiger partial charge in [-0.15, -0.1) is 0 Å². The molecule has 1 unspecified atom stereocenters. The number of benzene rings is 1. The zero-order valence-electron chi connectivity index (χ0n) is 12.4. The lowest BCUT2D eigenvalue weighted by atomic mass is 10.1. The van der Waals surface area contributed by atoms with Gasteiger partial charge in [0.05, 0.1) is 24.5 Å². The molecule has 0 saturated carbocycles. The summed E-state index contributed by atoms with van der Waals surface area (Å²) in [4.78, 5) is 11.4. The third-order valence-corrected chi connectivity index (χ3v) is 4.86. The second-order valence-corrected chi connectivity index (χ2v) is 6.98. The largest absolute Gasteiger partial charge is 0.465 e. The summed E-state index contributed by atoms with van der Waals surface area (Å²) in [5.41, 5.74) is 0.832. The van der Waals surface area contributed by atoms with Gasteiger partial charge in [-0.25, -0.2) is 17.5 Å². The normalized spacial score (nSPS) is 13.2. The smallest absolute Gasteiger partial charge is 0.337 e. The maximum Gasteiger partial charge on any atom is 0.337 e. The summed E-state index contributed by atoms with van der Waals surface area (Å²) in [5.74, 6) is -0.703. The van der Waals surface area contributed by atoms with Crippen LogP contribution in [0.3, 0.4) is 0 Å². The number of aliphatic hydroxyl groups excluding tert-OH is 1. The lowest BCUT2D eigenvalue weighted by Gasteiger charge is -2.18. The molecule has 0 saturated heterocycles. The van der Waals surface area contributed by atoms with E-state index in [0.29, 0.717) is 17.5 Å². The second-order valence-electron chi connectivity index (χ2n) is 4.91. The van der Waals surface area contributed by atoms with E-state index in [4.69, 9.17) is 0 Å². The number of aliphatic hydroxyl groups is 1. The molecule has 0 aliphatic rings. The van der Waals surface area contributed by atoms with Gasteiger partial charge in [0, 0.05) is 13.6 Å². The molecule has 0 aromatic heterocycles. The number of hydrogen-bond acceptors (Lipinski definition) is 5. The van der Waals surface area contributed by atoms with Crippen molar-refractivity contribution in [3.63, 3.8) is 0 Å². The fourth-order valence-corrected chi connectivity index (χ4v) is 2.94. The van der Waals surface area contributed by atoms with Crippen molar-refractivity contribution in [1.82, 2.24) is 4.31 Å². The maximum atomic E-state index is 12.2. The summed E-state index contributed by atoms with van der Waals surface area (Å²) in [6.45, 7) is 1.86. The molecule has 0 spiro atoms. The summed E-state index contributed by atoms with van der Waals surface area (Å²) < 4.78 is 30.2. The van der Waals surface area contributed by atoms with Crippen LogP contribution in [-0.2, 0) is 20.5 Å². The molecule has 1 N–H and O–H groups in total. The Labute approximate surface area is 125 Å². The molecular weight excluding hydrogens is 294 g/mol. The van der Waals surface area contributed by atoms with Crippen LogP contribution < -0.4 is 0 Å². The molecule has 0 aliphatic carbocycles. The number of ether oxygens (including phenoxy) is 1. The summed E-state index contributed by atoms with van der Waals surface area (Å²) in [5, 5.41) is 9.21. The highest BCUT2D eigenvalue weighted by Crippen LogP contribution is 2.13. The Kier molecular flexibility index (Phi) is 6.32. The molecule has 1 rings (SSSR count). The monoisotopic (exact) mass is 315 g/mol. The van der Waals surface area contributed by atoms with Crippen LogP contribution in [0.4, 0.5) is 0 Å². The number of hydrogen-bond donors (Lipinski definition) is 1. The lowest BCUT2D eigenvalue weighted by Crippen LogP contribution is -2.30. The number of rotatable bonds is 7. The molecule has 0 bridgehead atoms. The van der Waals surface area contributed by atoms with Crippen LogP contribution in [0.15, 0.2) is 24.3 Å². The van der Waals surface area contributed by atoms with Gasteiger partial charge in [0.2, 0.25) is 10.0 Å². The van der Waals surface area contributed by atoms with Gasteiger partial charge in [0.1, 0.15) is 0 Å². The number of esters is 1. The number of sulfonamides is 1. The Morgan fingerprint density at radius 3 is 2.67 bits per heavy atom. The Hall–Kier alpha value is -1.44. The molecule has 6 nitrogen and oxygen atoms in total. The quantitative estimate of drug-likeness (QED) is 0.759. The van der Waals surface area contributed by atoms with Crippen molar-refractivity contribution in [2.45, 2.75) is 25.2 Å².